The number of ether oxygens (including phenoxy) is 1. The highest BCUT2D eigenvalue weighted by molar-refractivity contribution is 5.82. The van der Waals surface area contributed by atoms with Crippen molar-refractivity contribution in [2.45, 2.75) is 24.9 Å². The first kappa shape index (κ1) is 17.4. The topological polar surface area (TPSA) is 62.0 Å². The minimum atomic E-state index is -0.554. The van der Waals surface area contributed by atoms with Crippen LogP contribution in [0.15, 0.2) is 0 Å². The zero-order valence-corrected chi connectivity index (χ0v) is 13.3. The number of carbonyl (C=O) groups excluding carboxylic acids is 1. The lowest BCUT2D eigenvalue weighted by Crippen LogP contribution is -2.54. The van der Waals surface area contributed by atoms with Gasteiger partial charge in [-0.15, -0.1) is 0 Å². The molecule has 1 saturated heterocycles. The van der Waals surface area contributed by atoms with Crippen molar-refractivity contribution < 1.29 is 9.53 Å². The van der Waals surface area contributed by atoms with Gasteiger partial charge in [-0.2, -0.15) is 0 Å². The lowest BCUT2D eigenvalue weighted by Gasteiger charge is -2.38. The van der Waals surface area contributed by atoms with E-state index in [1.165, 1.54) is 0 Å². The third-order valence-corrected chi connectivity index (χ3v) is 3.86. The summed E-state index contributed by atoms with van der Waals surface area (Å²) in [7, 11) is 7.74. The number of piperidine rings is 1. The molecule has 0 bridgehead atoms. The molecule has 0 aromatic heterocycles. The average molecular weight is 286 g/mol. The van der Waals surface area contributed by atoms with E-state index < -0.39 is 6.04 Å². The van der Waals surface area contributed by atoms with Crippen LogP contribution in [0.2, 0.25) is 0 Å². The third-order valence-electron chi connectivity index (χ3n) is 3.86. The van der Waals surface area contributed by atoms with Crippen molar-refractivity contribution in [2.75, 3.05) is 61.0 Å². The number of nitrogens with two attached hydrogens (primary N) is 1. The molecule has 0 aromatic rings. The van der Waals surface area contributed by atoms with Crippen LogP contribution in [-0.2, 0) is 9.53 Å². The van der Waals surface area contributed by atoms with E-state index in [9.17, 15) is 4.79 Å². The number of amides is 1. The van der Waals surface area contributed by atoms with Crippen molar-refractivity contribution in [3.05, 3.63) is 0 Å². The first-order chi connectivity index (χ1) is 9.45. The van der Waals surface area contributed by atoms with E-state index in [1.807, 2.05) is 19.0 Å². The quantitative estimate of drug-likeness (QED) is 0.680. The van der Waals surface area contributed by atoms with E-state index in [2.05, 4.69) is 16.8 Å². The van der Waals surface area contributed by atoms with E-state index in [-0.39, 0.29) is 12.5 Å². The monoisotopic (exact) mass is 286 g/mol. The molecular weight excluding hydrogens is 256 g/mol. The number of hydrogen-bond acceptors (Lipinski definition) is 5. The van der Waals surface area contributed by atoms with Crippen molar-refractivity contribution in [1.29, 1.82) is 0 Å². The Morgan fingerprint density at radius 3 is 2.45 bits per heavy atom. The minimum absolute atomic E-state index is 0.0169. The first-order valence-electron chi connectivity index (χ1n) is 7.34. The standard InChI is InChI=1S/C14H30N4O2/c1-16(2)9-10-18(14(19)13(15)11-20-4)12-5-7-17(3)8-6-12/h12-13H,5-11,15H2,1-4H3. The number of carbonyl (C=O) groups is 1. The predicted molar refractivity (Wildman–Crippen MR) is 80.6 cm³/mol. The van der Waals surface area contributed by atoms with Crippen LogP contribution in [0.3, 0.4) is 0 Å². The summed E-state index contributed by atoms with van der Waals surface area (Å²) in [6.45, 7) is 3.95. The predicted octanol–water partition coefficient (Wildman–Crippen LogP) is -0.555. The zero-order chi connectivity index (χ0) is 15.1. The summed E-state index contributed by atoms with van der Waals surface area (Å²) in [6, 6.07) is -0.247. The van der Waals surface area contributed by atoms with Gasteiger partial charge < -0.3 is 25.2 Å². The highest BCUT2D eigenvalue weighted by Crippen LogP contribution is 2.16. The number of methoxy groups -OCH3 is 1. The molecule has 1 aliphatic heterocycles. The van der Waals surface area contributed by atoms with Gasteiger partial charge in [0.2, 0.25) is 5.91 Å². The Labute approximate surface area is 122 Å². The summed E-state index contributed by atoms with van der Waals surface area (Å²) in [5.74, 6) is 0.0169. The number of hydrogen-bond donors (Lipinski definition) is 1. The van der Waals surface area contributed by atoms with Crippen molar-refractivity contribution >= 4 is 5.91 Å². The van der Waals surface area contributed by atoms with Gasteiger partial charge in [0.05, 0.1) is 6.61 Å². The van der Waals surface area contributed by atoms with Crippen LogP contribution in [0, 0.1) is 0 Å². The molecule has 0 spiro atoms. The molecule has 0 aliphatic carbocycles. The molecular formula is C14H30N4O2. The van der Waals surface area contributed by atoms with Gasteiger partial charge in [-0.05, 0) is 47.1 Å². The van der Waals surface area contributed by atoms with E-state index in [0.29, 0.717) is 6.04 Å². The van der Waals surface area contributed by atoms with Gasteiger partial charge >= 0.3 is 0 Å². The fourth-order valence-electron chi connectivity index (χ4n) is 2.55. The third kappa shape index (κ3) is 5.36. The van der Waals surface area contributed by atoms with Crippen molar-refractivity contribution in [1.82, 2.24) is 14.7 Å². The Balaban J connectivity index is 2.66. The molecule has 1 atom stereocenters. The van der Waals surface area contributed by atoms with Crippen LogP contribution < -0.4 is 5.73 Å². The number of likely N-dealkylation sites (tertiary alicyclic amines) is 1. The molecule has 0 aromatic carbocycles. The van der Waals surface area contributed by atoms with Crippen LogP contribution >= 0.6 is 0 Å². The van der Waals surface area contributed by atoms with Crippen molar-refractivity contribution in [3.63, 3.8) is 0 Å². The van der Waals surface area contributed by atoms with Crippen LogP contribution in [0.4, 0.5) is 0 Å². The smallest absolute Gasteiger partial charge is 0.242 e. The van der Waals surface area contributed by atoms with Crippen molar-refractivity contribution in [3.8, 4) is 0 Å². The highest BCUT2D eigenvalue weighted by atomic mass is 16.5. The van der Waals surface area contributed by atoms with Gasteiger partial charge in [0.15, 0.2) is 0 Å². The average Bonchev–Trinajstić information content (AvgIpc) is 2.40. The van der Waals surface area contributed by atoms with Gasteiger partial charge in [0.1, 0.15) is 6.04 Å². The molecule has 1 aliphatic rings. The van der Waals surface area contributed by atoms with Crippen LogP contribution in [-0.4, -0.2) is 93.7 Å². The Bertz CT molecular complexity index is 291. The molecule has 1 heterocycles. The SMILES string of the molecule is COCC(N)C(=O)N(CCN(C)C)C1CCN(C)CC1. The largest absolute Gasteiger partial charge is 0.383 e. The fourth-order valence-corrected chi connectivity index (χ4v) is 2.55. The Hall–Kier alpha value is -0.690. The second kappa shape index (κ2) is 8.56. The number of rotatable bonds is 7. The van der Waals surface area contributed by atoms with E-state index in [4.69, 9.17) is 10.5 Å². The molecule has 1 amide bonds. The van der Waals surface area contributed by atoms with Crippen LogP contribution in [0.25, 0.3) is 0 Å². The molecule has 1 unspecified atom stereocenters. The van der Waals surface area contributed by atoms with E-state index in [0.717, 1.165) is 39.0 Å². The van der Waals surface area contributed by atoms with E-state index >= 15 is 0 Å². The lowest BCUT2D eigenvalue weighted by atomic mass is 10.0. The summed E-state index contributed by atoms with van der Waals surface area (Å²) in [5.41, 5.74) is 5.93. The fraction of sp³-hybridized carbons (Fsp3) is 0.929. The molecule has 0 saturated carbocycles. The number of likely N-dealkylation sites (N-methyl/N-ethyl adjacent to an activating group) is 1. The Morgan fingerprint density at radius 2 is 1.95 bits per heavy atom. The second-order valence-electron chi connectivity index (χ2n) is 5.93. The molecule has 6 nitrogen and oxygen atoms in total. The maximum Gasteiger partial charge on any atom is 0.242 e. The number of nitrogens with zero attached hydrogens (tertiary/aromatic N) is 3. The molecule has 20 heavy (non-hydrogen) atoms. The summed E-state index contributed by atoms with van der Waals surface area (Å²) >= 11 is 0. The second-order valence-corrected chi connectivity index (χ2v) is 5.93. The molecule has 1 fully saturated rings. The highest BCUT2D eigenvalue weighted by Gasteiger charge is 2.29. The zero-order valence-electron chi connectivity index (χ0n) is 13.3. The van der Waals surface area contributed by atoms with E-state index in [1.54, 1.807) is 7.11 Å². The summed E-state index contributed by atoms with van der Waals surface area (Å²) in [6.07, 6.45) is 2.05. The van der Waals surface area contributed by atoms with Gasteiger partial charge in [-0.25, -0.2) is 0 Å². The molecule has 1 rings (SSSR count). The maximum absolute atomic E-state index is 12.5. The molecule has 0 radical (unpaired) electrons. The summed E-state index contributed by atoms with van der Waals surface area (Å²) in [4.78, 5) is 18.9. The van der Waals surface area contributed by atoms with Gasteiger partial charge in [-0.1, -0.05) is 0 Å². The van der Waals surface area contributed by atoms with Gasteiger partial charge in [-0.3, -0.25) is 4.79 Å². The van der Waals surface area contributed by atoms with Gasteiger partial charge in [0.25, 0.3) is 0 Å². The Kier molecular flexibility index (Phi) is 7.43. The first-order valence-corrected chi connectivity index (χ1v) is 7.34. The van der Waals surface area contributed by atoms with Gasteiger partial charge in [0, 0.05) is 26.2 Å². The molecule has 6 heteroatoms. The minimum Gasteiger partial charge on any atom is -0.383 e. The Morgan fingerprint density at radius 1 is 1.35 bits per heavy atom. The summed E-state index contributed by atoms with van der Waals surface area (Å²) < 4.78 is 5.01. The van der Waals surface area contributed by atoms with Crippen LogP contribution in [0.5, 0.6) is 0 Å². The van der Waals surface area contributed by atoms with Crippen molar-refractivity contribution in [2.24, 2.45) is 5.73 Å². The molecule has 2 N–H and O–H groups in total. The molecule has 118 valence electrons. The maximum atomic E-state index is 12.5. The normalized spacial score (nSPS) is 19.3. The van der Waals surface area contributed by atoms with Crippen LogP contribution in [0.1, 0.15) is 12.8 Å². The lowest BCUT2D eigenvalue weighted by molar-refractivity contribution is -0.137. The summed E-state index contributed by atoms with van der Waals surface area (Å²) in [5, 5.41) is 0.